The molecule has 0 N–H and O–H groups in total. The van der Waals surface area contributed by atoms with Crippen molar-refractivity contribution in [3.05, 3.63) is 0 Å². The fourth-order valence-corrected chi connectivity index (χ4v) is 2.24. The summed E-state index contributed by atoms with van der Waals surface area (Å²) >= 11 is 0. The minimum atomic E-state index is 0.348. The average molecular weight is 240 g/mol. The Morgan fingerprint density at radius 2 is 1.71 bits per heavy atom. The summed E-state index contributed by atoms with van der Waals surface area (Å²) < 4.78 is 0. The normalized spacial score (nSPS) is 18.5. The Morgan fingerprint density at radius 3 is 2.18 bits per heavy atom. The molecule has 0 saturated carbocycles. The molecule has 0 aliphatic carbocycles. The SMILES string of the molecule is CCN1CCN(C(=O)CCCC(C)(C)C)CC1. The zero-order valence-corrected chi connectivity index (χ0v) is 12.0. The maximum Gasteiger partial charge on any atom is 0.222 e. The highest BCUT2D eigenvalue weighted by Crippen LogP contribution is 2.21. The van der Waals surface area contributed by atoms with Crippen molar-refractivity contribution in [2.45, 2.75) is 47.0 Å². The van der Waals surface area contributed by atoms with Crippen LogP contribution in [0.2, 0.25) is 0 Å². The van der Waals surface area contributed by atoms with E-state index in [2.05, 4.69) is 32.6 Å². The third-order valence-electron chi connectivity index (χ3n) is 3.49. The summed E-state index contributed by atoms with van der Waals surface area (Å²) in [5.74, 6) is 0.352. The molecule has 1 fully saturated rings. The average Bonchev–Trinajstić information content (AvgIpc) is 2.27. The highest BCUT2D eigenvalue weighted by molar-refractivity contribution is 5.76. The van der Waals surface area contributed by atoms with Gasteiger partial charge in [-0.15, -0.1) is 0 Å². The van der Waals surface area contributed by atoms with E-state index in [1.54, 1.807) is 0 Å². The number of nitrogens with zero attached hydrogens (tertiary/aromatic N) is 2. The van der Waals surface area contributed by atoms with Crippen molar-refractivity contribution in [2.24, 2.45) is 5.41 Å². The molecule has 1 saturated heterocycles. The Kier molecular flexibility index (Phi) is 5.44. The second-order valence-corrected chi connectivity index (χ2v) is 6.23. The van der Waals surface area contributed by atoms with E-state index in [1.807, 2.05) is 4.90 Å². The van der Waals surface area contributed by atoms with Gasteiger partial charge in [0.15, 0.2) is 0 Å². The predicted octanol–water partition coefficient (Wildman–Crippen LogP) is 2.37. The summed E-state index contributed by atoms with van der Waals surface area (Å²) in [4.78, 5) is 16.4. The lowest BCUT2D eigenvalue weighted by atomic mass is 9.90. The van der Waals surface area contributed by atoms with Crippen molar-refractivity contribution in [2.75, 3.05) is 32.7 Å². The van der Waals surface area contributed by atoms with Gasteiger partial charge in [0.25, 0.3) is 0 Å². The van der Waals surface area contributed by atoms with Crippen molar-refractivity contribution in [1.82, 2.24) is 9.80 Å². The first-order valence-corrected chi connectivity index (χ1v) is 6.92. The van der Waals surface area contributed by atoms with Crippen LogP contribution in [-0.4, -0.2) is 48.4 Å². The molecule has 1 amide bonds. The van der Waals surface area contributed by atoms with E-state index in [4.69, 9.17) is 0 Å². The molecule has 1 aliphatic rings. The Hall–Kier alpha value is -0.570. The third-order valence-corrected chi connectivity index (χ3v) is 3.49. The molecule has 1 aliphatic heterocycles. The van der Waals surface area contributed by atoms with Crippen LogP contribution in [-0.2, 0) is 4.79 Å². The summed E-state index contributed by atoms with van der Waals surface area (Å²) in [6.07, 6.45) is 2.88. The second-order valence-electron chi connectivity index (χ2n) is 6.23. The van der Waals surface area contributed by atoms with Gasteiger partial charge in [0.2, 0.25) is 5.91 Å². The van der Waals surface area contributed by atoms with Crippen molar-refractivity contribution < 1.29 is 4.79 Å². The number of likely N-dealkylation sites (N-methyl/N-ethyl adjacent to an activating group) is 1. The first kappa shape index (κ1) is 14.5. The van der Waals surface area contributed by atoms with Gasteiger partial charge >= 0.3 is 0 Å². The van der Waals surface area contributed by atoms with E-state index in [-0.39, 0.29) is 0 Å². The maximum atomic E-state index is 12.0. The van der Waals surface area contributed by atoms with E-state index < -0.39 is 0 Å². The lowest BCUT2D eigenvalue weighted by Gasteiger charge is -2.34. The van der Waals surface area contributed by atoms with Gasteiger partial charge in [-0.05, 0) is 24.8 Å². The molecule has 0 aromatic heterocycles. The third kappa shape index (κ3) is 5.53. The second kappa shape index (κ2) is 6.39. The molecule has 3 heteroatoms. The molecular weight excluding hydrogens is 212 g/mol. The van der Waals surface area contributed by atoms with Crippen molar-refractivity contribution >= 4 is 5.91 Å². The topological polar surface area (TPSA) is 23.6 Å². The van der Waals surface area contributed by atoms with Crippen LogP contribution in [0, 0.1) is 5.41 Å². The maximum absolute atomic E-state index is 12.0. The van der Waals surface area contributed by atoms with E-state index in [0.29, 0.717) is 11.3 Å². The molecule has 0 spiro atoms. The zero-order valence-electron chi connectivity index (χ0n) is 12.0. The monoisotopic (exact) mass is 240 g/mol. The van der Waals surface area contributed by atoms with Gasteiger partial charge in [0, 0.05) is 32.6 Å². The van der Waals surface area contributed by atoms with Crippen LogP contribution in [0.25, 0.3) is 0 Å². The van der Waals surface area contributed by atoms with Crippen LogP contribution in [0.5, 0.6) is 0 Å². The number of hydrogen-bond donors (Lipinski definition) is 0. The van der Waals surface area contributed by atoms with Gasteiger partial charge in [-0.2, -0.15) is 0 Å². The standard InChI is InChI=1S/C14H28N2O/c1-5-15-9-11-16(12-10-15)13(17)7-6-8-14(2,3)4/h5-12H2,1-4H3. The van der Waals surface area contributed by atoms with Gasteiger partial charge in [-0.25, -0.2) is 0 Å². The molecule has 0 aromatic rings. The summed E-state index contributed by atoms with van der Waals surface area (Å²) in [5.41, 5.74) is 0.348. The molecular formula is C14H28N2O. The molecule has 0 unspecified atom stereocenters. The first-order valence-electron chi connectivity index (χ1n) is 6.92. The van der Waals surface area contributed by atoms with Crippen LogP contribution < -0.4 is 0 Å². The van der Waals surface area contributed by atoms with E-state index >= 15 is 0 Å². The molecule has 0 atom stereocenters. The quantitative estimate of drug-likeness (QED) is 0.753. The fraction of sp³-hybridized carbons (Fsp3) is 0.929. The number of rotatable bonds is 4. The van der Waals surface area contributed by atoms with Crippen molar-refractivity contribution in [3.8, 4) is 0 Å². The summed E-state index contributed by atoms with van der Waals surface area (Å²) in [5, 5.41) is 0. The summed E-state index contributed by atoms with van der Waals surface area (Å²) in [6.45, 7) is 13.9. The molecule has 17 heavy (non-hydrogen) atoms. The minimum Gasteiger partial charge on any atom is -0.340 e. The minimum absolute atomic E-state index is 0.348. The summed E-state index contributed by atoms with van der Waals surface area (Å²) in [6, 6.07) is 0. The molecule has 0 radical (unpaired) electrons. The molecule has 1 rings (SSSR count). The predicted molar refractivity (Wildman–Crippen MR) is 72.0 cm³/mol. The van der Waals surface area contributed by atoms with Crippen LogP contribution in [0.15, 0.2) is 0 Å². The van der Waals surface area contributed by atoms with Gasteiger partial charge < -0.3 is 9.80 Å². The van der Waals surface area contributed by atoms with Crippen molar-refractivity contribution in [1.29, 1.82) is 0 Å². The van der Waals surface area contributed by atoms with Gasteiger partial charge in [-0.1, -0.05) is 27.7 Å². The Bertz CT molecular complexity index is 237. The zero-order chi connectivity index (χ0) is 12.9. The van der Waals surface area contributed by atoms with Crippen LogP contribution in [0.4, 0.5) is 0 Å². The van der Waals surface area contributed by atoms with E-state index in [0.717, 1.165) is 52.0 Å². The van der Waals surface area contributed by atoms with Gasteiger partial charge in [0.05, 0.1) is 0 Å². The number of carbonyl (C=O) groups is 1. The van der Waals surface area contributed by atoms with Crippen LogP contribution >= 0.6 is 0 Å². The molecule has 1 heterocycles. The number of amides is 1. The largest absolute Gasteiger partial charge is 0.340 e. The Balaban J connectivity index is 2.21. The molecule has 0 bridgehead atoms. The molecule has 0 aromatic carbocycles. The van der Waals surface area contributed by atoms with E-state index in [9.17, 15) is 4.79 Å². The first-order chi connectivity index (χ1) is 7.92. The highest BCUT2D eigenvalue weighted by atomic mass is 16.2. The van der Waals surface area contributed by atoms with Crippen LogP contribution in [0.3, 0.4) is 0 Å². The Labute approximate surface area is 106 Å². The van der Waals surface area contributed by atoms with E-state index in [1.165, 1.54) is 0 Å². The molecule has 3 nitrogen and oxygen atoms in total. The van der Waals surface area contributed by atoms with Gasteiger partial charge in [-0.3, -0.25) is 4.79 Å². The Morgan fingerprint density at radius 1 is 1.12 bits per heavy atom. The number of hydrogen-bond acceptors (Lipinski definition) is 2. The van der Waals surface area contributed by atoms with Crippen LogP contribution in [0.1, 0.15) is 47.0 Å². The lowest BCUT2D eigenvalue weighted by molar-refractivity contribution is -0.133. The highest BCUT2D eigenvalue weighted by Gasteiger charge is 2.20. The fourth-order valence-electron chi connectivity index (χ4n) is 2.24. The van der Waals surface area contributed by atoms with Gasteiger partial charge in [0.1, 0.15) is 0 Å². The van der Waals surface area contributed by atoms with Crippen molar-refractivity contribution in [3.63, 3.8) is 0 Å². The lowest BCUT2D eigenvalue weighted by Crippen LogP contribution is -2.48. The number of piperazine rings is 1. The number of carbonyl (C=O) groups excluding carboxylic acids is 1. The molecule has 100 valence electrons. The summed E-state index contributed by atoms with van der Waals surface area (Å²) in [7, 11) is 0. The smallest absolute Gasteiger partial charge is 0.222 e.